The molecule has 0 radical (unpaired) electrons. The van der Waals surface area contributed by atoms with E-state index in [1.165, 1.54) is 0 Å². The average Bonchev–Trinajstić information content (AvgIpc) is 3.19. The molecule has 6 rings (SSSR count). The van der Waals surface area contributed by atoms with E-state index < -0.39 is 0 Å². The van der Waals surface area contributed by atoms with Crippen molar-refractivity contribution in [3.8, 4) is 23.0 Å². The van der Waals surface area contributed by atoms with E-state index in [2.05, 4.69) is 20.8 Å². The minimum atomic E-state index is -0.162. The maximum absolute atomic E-state index is 13.3. The number of allylic oxidation sites excluding steroid dienone is 1. The van der Waals surface area contributed by atoms with Crippen molar-refractivity contribution in [3.63, 3.8) is 0 Å². The number of methoxy groups -OCH3 is 1. The summed E-state index contributed by atoms with van der Waals surface area (Å²) in [4.78, 5) is 15.4. The predicted molar refractivity (Wildman–Crippen MR) is 132 cm³/mol. The molecule has 0 saturated carbocycles. The summed E-state index contributed by atoms with van der Waals surface area (Å²) in [5.74, 6) is 2.91. The Hall–Kier alpha value is -3.33. The number of nitrogens with zero attached hydrogens (tertiary/aromatic N) is 1. The molecule has 0 fully saturated rings. The van der Waals surface area contributed by atoms with E-state index in [-0.39, 0.29) is 18.3 Å². The van der Waals surface area contributed by atoms with Gasteiger partial charge in [0.25, 0.3) is 0 Å². The highest BCUT2D eigenvalue weighted by Crippen LogP contribution is 2.43. The van der Waals surface area contributed by atoms with Crippen molar-refractivity contribution in [2.75, 3.05) is 20.6 Å². The highest BCUT2D eigenvalue weighted by atomic mass is 79.9. The normalized spacial score (nSPS) is 17.7. The maximum atomic E-state index is 13.3. The van der Waals surface area contributed by atoms with Gasteiger partial charge in [-0.15, -0.1) is 0 Å². The largest absolute Gasteiger partial charge is 0.496 e. The number of hydrogen-bond donors (Lipinski definition) is 0. The first-order valence-electron chi connectivity index (χ1n) is 11.2. The number of ether oxygens (including phenoxy) is 5. The number of benzene rings is 3. The van der Waals surface area contributed by atoms with Crippen molar-refractivity contribution in [2.24, 2.45) is 0 Å². The van der Waals surface area contributed by atoms with Crippen molar-refractivity contribution >= 4 is 27.8 Å². The van der Waals surface area contributed by atoms with Crippen molar-refractivity contribution in [2.45, 2.75) is 19.7 Å². The molecule has 7 nitrogen and oxygen atoms in total. The third-order valence-electron chi connectivity index (χ3n) is 6.26. The van der Waals surface area contributed by atoms with Crippen molar-refractivity contribution in [1.82, 2.24) is 4.90 Å². The van der Waals surface area contributed by atoms with Gasteiger partial charge in [-0.1, -0.05) is 34.1 Å². The Bertz CT molecular complexity index is 1370. The van der Waals surface area contributed by atoms with Crippen LogP contribution in [0, 0.1) is 0 Å². The summed E-state index contributed by atoms with van der Waals surface area (Å²) in [6, 6.07) is 15.4. The van der Waals surface area contributed by atoms with E-state index in [0.717, 1.165) is 38.2 Å². The predicted octanol–water partition coefficient (Wildman–Crippen LogP) is 5.29. The molecular formula is C27H22BrNO6. The second kappa shape index (κ2) is 9.03. The molecule has 178 valence electrons. The quantitative estimate of drug-likeness (QED) is 0.420. The SMILES string of the molecule is COc1ccccc1CN1COc2ccc3c(c2C1)O/C(=C\c1cc(Br)cc2c1OCOC2)C3=O. The first-order chi connectivity index (χ1) is 17.1. The van der Waals surface area contributed by atoms with Crippen LogP contribution in [0.5, 0.6) is 23.0 Å². The van der Waals surface area contributed by atoms with Gasteiger partial charge in [0, 0.05) is 34.3 Å². The highest BCUT2D eigenvalue weighted by Gasteiger charge is 2.34. The number of halogens is 1. The smallest absolute Gasteiger partial charge is 0.231 e. The van der Waals surface area contributed by atoms with Gasteiger partial charge < -0.3 is 23.7 Å². The Morgan fingerprint density at radius 1 is 1.11 bits per heavy atom. The molecule has 3 aromatic carbocycles. The second-order valence-electron chi connectivity index (χ2n) is 8.52. The minimum Gasteiger partial charge on any atom is -0.496 e. The first kappa shape index (κ1) is 22.2. The lowest BCUT2D eigenvalue weighted by Gasteiger charge is -2.30. The molecule has 0 aliphatic carbocycles. The molecule has 0 N–H and O–H groups in total. The zero-order chi connectivity index (χ0) is 23.9. The van der Waals surface area contributed by atoms with E-state index in [1.54, 1.807) is 19.3 Å². The Kier molecular flexibility index (Phi) is 5.72. The lowest BCUT2D eigenvalue weighted by atomic mass is 10.0. The molecule has 0 unspecified atom stereocenters. The third-order valence-corrected chi connectivity index (χ3v) is 6.72. The molecule has 8 heteroatoms. The van der Waals surface area contributed by atoms with Crippen LogP contribution in [0.1, 0.15) is 32.6 Å². The standard InChI is InChI=1S/C27H22BrNO6/c1-31-22-5-3-2-4-16(22)11-29-12-21-23(33-14-29)7-6-20-25(30)24(35-27(20)21)10-17-8-19(28)9-18-13-32-15-34-26(17)18/h2-10H,11-15H2,1H3/b24-10-. The summed E-state index contributed by atoms with van der Waals surface area (Å²) in [5.41, 5.74) is 4.14. The summed E-state index contributed by atoms with van der Waals surface area (Å²) in [5, 5.41) is 0. The highest BCUT2D eigenvalue weighted by molar-refractivity contribution is 9.10. The number of hydrogen-bond acceptors (Lipinski definition) is 7. The van der Waals surface area contributed by atoms with Gasteiger partial charge in [0.2, 0.25) is 5.78 Å². The molecule has 0 amide bonds. The third kappa shape index (κ3) is 4.07. The number of carbonyl (C=O) groups excluding carboxylic acids is 1. The number of para-hydroxylation sites is 1. The lowest BCUT2D eigenvalue weighted by molar-refractivity contribution is -0.0165. The molecule has 3 aliphatic rings. The average molecular weight is 536 g/mol. The molecule has 35 heavy (non-hydrogen) atoms. The fourth-order valence-electron chi connectivity index (χ4n) is 4.64. The summed E-state index contributed by atoms with van der Waals surface area (Å²) in [6.07, 6.45) is 1.74. The van der Waals surface area contributed by atoms with Gasteiger partial charge in [0.15, 0.2) is 12.6 Å². The number of Topliss-reactive ketones (excluding diaryl/α,β-unsaturated/α-hetero) is 1. The Morgan fingerprint density at radius 2 is 2.00 bits per heavy atom. The summed E-state index contributed by atoms with van der Waals surface area (Å²) >= 11 is 3.53. The Balaban J connectivity index is 1.31. The van der Waals surface area contributed by atoms with Crippen LogP contribution in [0.25, 0.3) is 6.08 Å². The molecule has 0 saturated heterocycles. The Labute approximate surface area is 210 Å². The van der Waals surface area contributed by atoms with Crippen LogP contribution in [0.15, 0.2) is 58.8 Å². The number of rotatable bonds is 4. The molecule has 0 atom stereocenters. The monoisotopic (exact) mass is 535 g/mol. The van der Waals surface area contributed by atoms with Gasteiger partial charge in [0.1, 0.15) is 29.7 Å². The fourth-order valence-corrected chi connectivity index (χ4v) is 5.16. The van der Waals surface area contributed by atoms with Crippen LogP contribution in [-0.2, 0) is 24.4 Å². The van der Waals surface area contributed by atoms with E-state index >= 15 is 0 Å². The number of carbonyl (C=O) groups is 1. The van der Waals surface area contributed by atoms with E-state index in [4.69, 9.17) is 23.7 Å². The van der Waals surface area contributed by atoms with Crippen LogP contribution in [0.2, 0.25) is 0 Å². The summed E-state index contributed by atoms with van der Waals surface area (Å²) < 4.78 is 29.7. The van der Waals surface area contributed by atoms with Crippen LogP contribution in [0.3, 0.4) is 0 Å². The van der Waals surface area contributed by atoms with Crippen molar-refractivity contribution < 1.29 is 28.5 Å². The molecule has 3 aromatic rings. The van der Waals surface area contributed by atoms with Crippen molar-refractivity contribution in [1.29, 1.82) is 0 Å². The number of ketones is 1. The number of fused-ring (bicyclic) bond motifs is 4. The zero-order valence-electron chi connectivity index (χ0n) is 19.0. The fraction of sp³-hybridized carbons (Fsp3) is 0.222. The first-order valence-corrected chi connectivity index (χ1v) is 12.0. The van der Waals surface area contributed by atoms with Gasteiger partial charge in [-0.3, -0.25) is 9.69 Å². The van der Waals surface area contributed by atoms with Crippen LogP contribution >= 0.6 is 15.9 Å². The van der Waals surface area contributed by atoms with E-state index in [0.29, 0.717) is 43.5 Å². The van der Waals surface area contributed by atoms with E-state index in [1.807, 2.05) is 42.5 Å². The van der Waals surface area contributed by atoms with Crippen LogP contribution in [-0.4, -0.2) is 31.3 Å². The molecular weight excluding hydrogens is 514 g/mol. The molecule has 0 aromatic heterocycles. The van der Waals surface area contributed by atoms with E-state index in [9.17, 15) is 4.79 Å². The van der Waals surface area contributed by atoms with Gasteiger partial charge in [-0.05, 0) is 36.4 Å². The van der Waals surface area contributed by atoms with Gasteiger partial charge in [-0.2, -0.15) is 0 Å². The van der Waals surface area contributed by atoms with Crippen LogP contribution in [0.4, 0.5) is 0 Å². The molecule has 0 bridgehead atoms. The molecule has 3 aliphatic heterocycles. The summed E-state index contributed by atoms with van der Waals surface area (Å²) in [7, 11) is 1.67. The van der Waals surface area contributed by atoms with Crippen LogP contribution < -0.4 is 18.9 Å². The van der Waals surface area contributed by atoms with Gasteiger partial charge in [-0.25, -0.2) is 0 Å². The topological polar surface area (TPSA) is 66.5 Å². The van der Waals surface area contributed by atoms with Gasteiger partial charge >= 0.3 is 0 Å². The molecule has 3 heterocycles. The van der Waals surface area contributed by atoms with Gasteiger partial charge in [0.05, 0.1) is 24.8 Å². The minimum absolute atomic E-state index is 0.162. The second-order valence-corrected chi connectivity index (χ2v) is 9.44. The lowest BCUT2D eigenvalue weighted by Crippen LogP contribution is -2.31. The maximum Gasteiger partial charge on any atom is 0.231 e. The van der Waals surface area contributed by atoms with Crippen molar-refractivity contribution in [3.05, 3.63) is 86.6 Å². The zero-order valence-corrected chi connectivity index (χ0v) is 20.6. The summed E-state index contributed by atoms with van der Waals surface area (Å²) in [6.45, 7) is 2.29. The molecule has 0 spiro atoms. The Morgan fingerprint density at radius 3 is 2.89 bits per heavy atom.